The zero-order valence-electron chi connectivity index (χ0n) is 12.0. The molecule has 0 aliphatic heterocycles. The van der Waals surface area contributed by atoms with Crippen LogP contribution in [0.15, 0.2) is 48.5 Å². The summed E-state index contributed by atoms with van der Waals surface area (Å²) in [7, 11) is -1.24. The van der Waals surface area contributed by atoms with Crippen molar-refractivity contribution in [1.29, 1.82) is 0 Å². The predicted octanol–water partition coefficient (Wildman–Crippen LogP) is 4.17. The normalized spacial score (nSPS) is 13.7. The number of aryl methyl sites for hydroxylation is 1. The highest BCUT2D eigenvalue weighted by Crippen LogP contribution is 2.16. The van der Waals surface area contributed by atoms with Crippen molar-refractivity contribution in [2.75, 3.05) is 0 Å². The van der Waals surface area contributed by atoms with Crippen LogP contribution in [-0.4, -0.2) is 15.2 Å². The largest absolute Gasteiger partial charge is 0.293 e. The summed E-state index contributed by atoms with van der Waals surface area (Å²) in [6.45, 7) is 3.70. The van der Waals surface area contributed by atoms with Crippen molar-refractivity contribution in [3.05, 3.63) is 70.2 Å². The molecule has 0 saturated carbocycles. The Hall–Kier alpha value is -1.45. The third kappa shape index (κ3) is 4.02. The number of benzene rings is 2. The molecule has 0 aromatic heterocycles. The van der Waals surface area contributed by atoms with E-state index < -0.39 is 16.0 Å². The Morgan fingerprint density at radius 3 is 2.38 bits per heavy atom. The lowest BCUT2D eigenvalue weighted by molar-refractivity contribution is 0.0992. The first-order valence-corrected chi connectivity index (χ1v) is 8.46. The molecule has 2 nitrogen and oxygen atoms in total. The van der Waals surface area contributed by atoms with Crippen molar-refractivity contribution >= 4 is 28.2 Å². The number of ketones is 1. The molecule has 4 heteroatoms. The van der Waals surface area contributed by atoms with Crippen LogP contribution >= 0.6 is 11.6 Å². The van der Waals surface area contributed by atoms with Crippen molar-refractivity contribution in [3.8, 4) is 0 Å². The minimum Gasteiger partial charge on any atom is -0.293 e. The summed E-state index contributed by atoms with van der Waals surface area (Å²) < 4.78 is 12.4. The van der Waals surface area contributed by atoms with Gasteiger partial charge in [0.05, 0.1) is 5.25 Å². The van der Waals surface area contributed by atoms with Crippen molar-refractivity contribution in [3.63, 3.8) is 0 Å². The molecule has 2 atom stereocenters. The number of hydrogen-bond donors (Lipinski definition) is 0. The van der Waals surface area contributed by atoms with Gasteiger partial charge in [0, 0.05) is 27.1 Å². The maximum absolute atomic E-state index is 12.4. The second-order valence-corrected chi connectivity index (χ2v) is 7.16. The first kappa shape index (κ1) is 15.9. The van der Waals surface area contributed by atoms with Crippen LogP contribution in [0.1, 0.15) is 28.4 Å². The summed E-state index contributed by atoms with van der Waals surface area (Å²) in [6.07, 6.45) is 0. The average molecular weight is 321 g/mol. The second-order valence-electron chi connectivity index (χ2n) is 4.96. The van der Waals surface area contributed by atoms with Crippen LogP contribution in [0.2, 0.25) is 5.02 Å². The molecule has 21 heavy (non-hydrogen) atoms. The highest BCUT2D eigenvalue weighted by atomic mass is 35.5. The van der Waals surface area contributed by atoms with Crippen LogP contribution in [0.3, 0.4) is 0 Å². The number of halogens is 1. The van der Waals surface area contributed by atoms with Gasteiger partial charge < -0.3 is 0 Å². The van der Waals surface area contributed by atoms with Crippen LogP contribution in [-0.2, 0) is 16.6 Å². The zero-order valence-corrected chi connectivity index (χ0v) is 13.6. The molecule has 0 spiro atoms. The lowest BCUT2D eigenvalue weighted by Crippen LogP contribution is -2.24. The van der Waals surface area contributed by atoms with E-state index >= 15 is 0 Å². The lowest BCUT2D eigenvalue weighted by Gasteiger charge is -2.12. The Morgan fingerprint density at radius 2 is 1.76 bits per heavy atom. The molecule has 0 N–H and O–H groups in total. The molecule has 2 rings (SSSR count). The molecular weight excluding hydrogens is 304 g/mol. The summed E-state index contributed by atoms with van der Waals surface area (Å²) in [6, 6.07) is 14.5. The van der Waals surface area contributed by atoms with Gasteiger partial charge in [-0.05, 0) is 49.2 Å². The van der Waals surface area contributed by atoms with E-state index in [1.54, 1.807) is 31.2 Å². The smallest absolute Gasteiger partial charge is 0.178 e. The minimum atomic E-state index is -1.24. The van der Waals surface area contributed by atoms with Gasteiger partial charge in [-0.15, -0.1) is 0 Å². The van der Waals surface area contributed by atoms with Gasteiger partial charge in [-0.3, -0.25) is 9.00 Å². The number of carbonyl (C=O) groups excluding carboxylic acids is 1. The van der Waals surface area contributed by atoms with Gasteiger partial charge in [0.15, 0.2) is 5.78 Å². The Balaban J connectivity index is 2.10. The summed E-state index contributed by atoms with van der Waals surface area (Å²) in [5.41, 5.74) is 2.66. The van der Waals surface area contributed by atoms with Gasteiger partial charge in [-0.25, -0.2) is 0 Å². The lowest BCUT2D eigenvalue weighted by atomic mass is 10.1. The molecule has 0 fully saturated rings. The van der Waals surface area contributed by atoms with Crippen LogP contribution < -0.4 is 0 Å². The monoisotopic (exact) mass is 320 g/mol. The van der Waals surface area contributed by atoms with Gasteiger partial charge in [0.2, 0.25) is 0 Å². The van der Waals surface area contributed by atoms with Gasteiger partial charge in [0.25, 0.3) is 0 Å². The average Bonchev–Trinajstić information content (AvgIpc) is 2.49. The Bertz CT molecular complexity index is 665. The van der Waals surface area contributed by atoms with E-state index in [2.05, 4.69) is 0 Å². The zero-order chi connectivity index (χ0) is 15.4. The van der Waals surface area contributed by atoms with Crippen molar-refractivity contribution in [2.24, 2.45) is 0 Å². The molecule has 0 aliphatic carbocycles. The first-order valence-electron chi connectivity index (χ1n) is 6.70. The summed E-state index contributed by atoms with van der Waals surface area (Å²) in [5, 5.41) is 0.0472. The van der Waals surface area contributed by atoms with Crippen LogP contribution in [0.4, 0.5) is 0 Å². The fraction of sp³-hybridized carbons (Fsp3) is 0.235. The van der Waals surface area contributed by atoms with Crippen LogP contribution in [0.25, 0.3) is 0 Å². The molecule has 0 amide bonds. The molecule has 0 aliphatic rings. The molecule has 0 bridgehead atoms. The van der Waals surface area contributed by atoms with Gasteiger partial charge in [-0.2, -0.15) is 0 Å². The summed E-state index contributed by atoms with van der Waals surface area (Å²) >= 11 is 5.81. The predicted molar refractivity (Wildman–Crippen MR) is 88.3 cm³/mol. The number of Topliss-reactive ketones (excluding diaryl/α,β-unsaturated/α-hetero) is 1. The number of carbonyl (C=O) groups is 1. The minimum absolute atomic E-state index is 0.112. The van der Waals surface area contributed by atoms with Crippen LogP contribution in [0, 0.1) is 6.92 Å². The number of hydrogen-bond acceptors (Lipinski definition) is 2. The van der Waals surface area contributed by atoms with Gasteiger partial charge in [-0.1, -0.05) is 35.9 Å². The van der Waals surface area contributed by atoms with E-state index in [0.29, 0.717) is 16.3 Å². The van der Waals surface area contributed by atoms with E-state index in [-0.39, 0.29) is 5.78 Å². The number of rotatable bonds is 5. The molecule has 2 aromatic rings. The highest BCUT2D eigenvalue weighted by molar-refractivity contribution is 7.85. The molecule has 0 heterocycles. The maximum atomic E-state index is 12.4. The quantitative estimate of drug-likeness (QED) is 0.775. The van der Waals surface area contributed by atoms with E-state index in [1.807, 2.05) is 31.2 Å². The SMILES string of the molecule is Cc1ccccc1CS(=O)C(C)C(=O)c1ccc(Cl)cc1. The Morgan fingerprint density at radius 1 is 1.14 bits per heavy atom. The van der Waals surface area contributed by atoms with E-state index in [0.717, 1.165) is 11.1 Å². The topological polar surface area (TPSA) is 34.1 Å². The molecule has 0 radical (unpaired) electrons. The van der Waals surface area contributed by atoms with E-state index in [4.69, 9.17) is 11.6 Å². The van der Waals surface area contributed by atoms with Crippen molar-refractivity contribution in [1.82, 2.24) is 0 Å². The molecule has 2 unspecified atom stereocenters. The standard InChI is InChI=1S/C17H17ClO2S/c1-12-5-3-4-6-15(12)11-21(20)13(2)17(19)14-7-9-16(18)10-8-14/h3-10,13H,11H2,1-2H3. The third-order valence-corrected chi connectivity index (χ3v) is 5.30. The molecule has 110 valence electrons. The summed E-state index contributed by atoms with van der Waals surface area (Å²) in [5.74, 6) is 0.284. The Labute approximate surface area is 132 Å². The fourth-order valence-electron chi connectivity index (χ4n) is 2.02. The van der Waals surface area contributed by atoms with Crippen molar-refractivity contribution < 1.29 is 9.00 Å². The second kappa shape index (κ2) is 7.01. The molecule has 0 saturated heterocycles. The molecule has 2 aromatic carbocycles. The fourth-order valence-corrected chi connectivity index (χ4v) is 3.40. The van der Waals surface area contributed by atoms with Crippen LogP contribution in [0.5, 0.6) is 0 Å². The third-order valence-electron chi connectivity index (χ3n) is 3.45. The Kier molecular flexibility index (Phi) is 5.32. The van der Waals surface area contributed by atoms with Gasteiger partial charge >= 0.3 is 0 Å². The van der Waals surface area contributed by atoms with Gasteiger partial charge in [0.1, 0.15) is 0 Å². The summed E-state index contributed by atoms with van der Waals surface area (Å²) in [4.78, 5) is 12.3. The molecular formula is C17H17ClO2S. The van der Waals surface area contributed by atoms with E-state index in [9.17, 15) is 9.00 Å². The van der Waals surface area contributed by atoms with Crippen molar-refractivity contribution in [2.45, 2.75) is 24.9 Å². The first-order chi connectivity index (χ1) is 9.99. The highest BCUT2D eigenvalue weighted by Gasteiger charge is 2.21. The van der Waals surface area contributed by atoms with E-state index in [1.165, 1.54) is 0 Å². The maximum Gasteiger partial charge on any atom is 0.178 e.